The largest absolute Gasteiger partial charge is 0.480 e. The first kappa shape index (κ1) is 20.1. The van der Waals surface area contributed by atoms with Crippen LogP contribution >= 0.6 is 0 Å². The molecule has 2 amide bonds. The standard InChI is InChI=1S/C16H23N3O6S/c1-2-4-14(15(20)21)18-16(22)17-12-5-3-6-13(11-12)26(23,24)19-7-9-25-10-8-19/h3,5-6,11,14H,2,4,7-10H2,1H3,(H,20,21)(H2,17,18,22)/t14-/m0/s1. The van der Waals surface area contributed by atoms with E-state index in [1.807, 2.05) is 6.92 Å². The van der Waals surface area contributed by atoms with Crippen molar-refractivity contribution < 1.29 is 27.9 Å². The van der Waals surface area contributed by atoms with Crippen LogP contribution in [0.15, 0.2) is 29.2 Å². The van der Waals surface area contributed by atoms with Crippen molar-refractivity contribution in [3.63, 3.8) is 0 Å². The molecule has 1 aliphatic heterocycles. The minimum absolute atomic E-state index is 0.0561. The number of nitrogens with one attached hydrogen (secondary N) is 2. The third-order valence-corrected chi connectivity index (χ3v) is 5.78. The molecule has 3 N–H and O–H groups in total. The summed E-state index contributed by atoms with van der Waals surface area (Å²) in [6, 6.07) is 4.15. The molecule has 0 unspecified atom stereocenters. The van der Waals surface area contributed by atoms with Gasteiger partial charge < -0.3 is 20.5 Å². The van der Waals surface area contributed by atoms with Crippen LogP contribution in [0, 0.1) is 0 Å². The predicted octanol–water partition coefficient (Wildman–Crippen LogP) is 1.08. The van der Waals surface area contributed by atoms with Crippen LogP contribution in [0.2, 0.25) is 0 Å². The van der Waals surface area contributed by atoms with Gasteiger partial charge in [0.1, 0.15) is 6.04 Å². The molecule has 144 valence electrons. The van der Waals surface area contributed by atoms with Gasteiger partial charge in [-0.3, -0.25) is 0 Å². The van der Waals surface area contributed by atoms with E-state index < -0.39 is 28.1 Å². The van der Waals surface area contributed by atoms with Crippen molar-refractivity contribution in [1.82, 2.24) is 9.62 Å². The minimum Gasteiger partial charge on any atom is -0.480 e. The molecule has 1 heterocycles. The second-order valence-electron chi connectivity index (χ2n) is 5.82. The average Bonchev–Trinajstić information content (AvgIpc) is 2.62. The Hall–Kier alpha value is -2.17. The number of rotatable bonds is 7. The van der Waals surface area contributed by atoms with E-state index in [-0.39, 0.29) is 23.7 Å². The number of ether oxygens (including phenoxy) is 1. The topological polar surface area (TPSA) is 125 Å². The zero-order chi connectivity index (χ0) is 19.2. The van der Waals surface area contributed by atoms with Crippen molar-refractivity contribution in [3.8, 4) is 0 Å². The molecule has 1 aromatic rings. The highest BCUT2D eigenvalue weighted by Gasteiger charge is 2.26. The molecular formula is C16H23N3O6S. The molecule has 0 aliphatic carbocycles. The average molecular weight is 385 g/mol. The molecule has 0 spiro atoms. The smallest absolute Gasteiger partial charge is 0.326 e. The van der Waals surface area contributed by atoms with Gasteiger partial charge in [0.05, 0.1) is 18.1 Å². The van der Waals surface area contributed by atoms with Crippen molar-refractivity contribution in [3.05, 3.63) is 24.3 Å². The summed E-state index contributed by atoms with van der Waals surface area (Å²) in [4.78, 5) is 23.2. The molecule has 9 nitrogen and oxygen atoms in total. The molecule has 0 saturated carbocycles. The number of carbonyl (C=O) groups excluding carboxylic acids is 1. The van der Waals surface area contributed by atoms with E-state index in [2.05, 4.69) is 10.6 Å². The number of carboxylic acid groups (broad SMARTS) is 1. The summed E-state index contributed by atoms with van der Waals surface area (Å²) in [5.74, 6) is -1.12. The fourth-order valence-electron chi connectivity index (χ4n) is 2.54. The van der Waals surface area contributed by atoms with E-state index in [1.54, 1.807) is 0 Å². The predicted molar refractivity (Wildman–Crippen MR) is 94.5 cm³/mol. The van der Waals surface area contributed by atoms with E-state index in [4.69, 9.17) is 9.84 Å². The van der Waals surface area contributed by atoms with Crippen LogP contribution in [0.3, 0.4) is 0 Å². The summed E-state index contributed by atoms with van der Waals surface area (Å²) in [5, 5.41) is 13.9. The van der Waals surface area contributed by atoms with Crippen LogP contribution in [-0.4, -0.2) is 62.2 Å². The third kappa shape index (κ3) is 5.16. The summed E-state index contributed by atoms with van der Waals surface area (Å²) in [6.07, 6.45) is 0.902. The molecule has 10 heteroatoms. The molecule has 0 radical (unpaired) electrons. The lowest BCUT2D eigenvalue weighted by Gasteiger charge is -2.26. The molecule has 1 aromatic carbocycles. The van der Waals surface area contributed by atoms with Gasteiger partial charge >= 0.3 is 12.0 Å². The number of hydrogen-bond acceptors (Lipinski definition) is 5. The first-order valence-corrected chi connectivity index (χ1v) is 9.77. The van der Waals surface area contributed by atoms with E-state index >= 15 is 0 Å². The van der Waals surface area contributed by atoms with Gasteiger partial charge in [0, 0.05) is 18.8 Å². The number of sulfonamides is 1. The molecular weight excluding hydrogens is 362 g/mol. The number of hydrogen-bond donors (Lipinski definition) is 3. The molecule has 1 saturated heterocycles. The lowest BCUT2D eigenvalue weighted by Crippen LogP contribution is -2.43. The molecule has 0 aromatic heterocycles. The van der Waals surface area contributed by atoms with Crippen molar-refractivity contribution in [2.45, 2.75) is 30.7 Å². The maximum atomic E-state index is 12.6. The number of nitrogens with zero attached hydrogens (tertiary/aromatic N) is 1. The lowest BCUT2D eigenvalue weighted by atomic mass is 10.2. The molecule has 1 aliphatic rings. The summed E-state index contributed by atoms with van der Waals surface area (Å²) in [7, 11) is -3.68. The summed E-state index contributed by atoms with van der Waals surface area (Å²) >= 11 is 0. The molecule has 0 bridgehead atoms. The maximum Gasteiger partial charge on any atom is 0.326 e. The number of morpholine rings is 1. The van der Waals surface area contributed by atoms with Crippen LogP contribution in [0.4, 0.5) is 10.5 Å². The van der Waals surface area contributed by atoms with Crippen LogP contribution < -0.4 is 10.6 Å². The first-order valence-electron chi connectivity index (χ1n) is 8.33. The second-order valence-corrected chi connectivity index (χ2v) is 7.76. The number of urea groups is 1. The highest BCUT2D eigenvalue weighted by molar-refractivity contribution is 7.89. The summed E-state index contributed by atoms with van der Waals surface area (Å²) < 4.78 is 31.8. The molecule has 2 rings (SSSR count). The van der Waals surface area contributed by atoms with Crippen molar-refractivity contribution in [2.24, 2.45) is 0 Å². The van der Waals surface area contributed by atoms with Crippen molar-refractivity contribution >= 4 is 27.7 Å². The van der Waals surface area contributed by atoms with Gasteiger partial charge in [-0.2, -0.15) is 4.31 Å². The molecule has 1 atom stereocenters. The zero-order valence-corrected chi connectivity index (χ0v) is 15.3. The van der Waals surface area contributed by atoms with Gasteiger partial charge in [-0.15, -0.1) is 0 Å². The summed E-state index contributed by atoms with van der Waals surface area (Å²) in [5.41, 5.74) is 0.262. The van der Waals surface area contributed by atoms with Crippen LogP contribution in [0.5, 0.6) is 0 Å². The Morgan fingerprint density at radius 2 is 2.00 bits per heavy atom. The Labute approximate surface area is 152 Å². The number of aliphatic carboxylic acids is 1. The van der Waals surface area contributed by atoms with Crippen molar-refractivity contribution in [2.75, 3.05) is 31.6 Å². The fraction of sp³-hybridized carbons (Fsp3) is 0.500. The third-order valence-electron chi connectivity index (χ3n) is 3.88. The number of carboxylic acids is 1. The lowest BCUT2D eigenvalue weighted by molar-refractivity contribution is -0.139. The fourth-order valence-corrected chi connectivity index (χ4v) is 4.00. The van der Waals surface area contributed by atoms with Crippen molar-refractivity contribution in [1.29, 1.82) is 0 Å². The van der Waals surface area contributed by atoms with Crippen LogP contribution in [0.25, 0.3) is 0 Å². The van der Waals surface area contributed by atoms with E-state index in [9.17, 15) is 18.0 Å². The maximum absolute atomic E-state index is 12.6. The Balaban J connectivity index is 2.08. The van der Waals surface area contributed by atoms with E-state index in [0.717, 1.165) is 0 Å². The Bertz CT molecular complexity index is 746. The van der Waals surface area contributed by atoms with Gasteiger partial charge in [0.2, 0.25) is 10.0 Å². The monoisotopic (exact) mass is 385 g/mol. The van der Waals surface area contributed by atoms with Crippen LogP contribution in [0.1, 0.15) is 19.8 Å². The highest BCUT2D eigenvalue weighted by atomic mass is 32.2. The van der Waals surface area contributed by atoms with E-state index in [0.29, 0.717) is 26.1 Å². The number of anilines is 1. The Morgan fingerprint density at radius 3 is 2.62 bits per heavy atom. The highest BCUT2D eigenvalue weighted by Crippen LogP contribution is 2.20. The van der Waals surface area contributed by atoms with Gasteiger partial charge in [0.25, 0.3) is 0 Å². The molecule has 1 fully saturated rings. The van der Waals surface area contributed by atoms with Gasteiger partial charge in [-0.25, -0.2) is 18.0 Å². The second kappa shape index (κ2) is 8.97. The normalized spacial score (nSPS) is 16.7. The SMILES string of the molecule is CCC[C@H](NC(=O)Nc1cccc(S(=O)(=O)N2CCOCC2)c1)C(=O)O. The minimum atomic E-state index is -3.68. The van der Waals surface area contributed by atoms with Gasteiger partial charge in [-0.05, 0) is 24.6 Å². The number of benzene rings is 1. The number of amides is 2. The Morgan fingerprint density at radius 1 is 1.31 bits per heavy atom. The quantitative estimate of drug-likeness (QED) is 0.645. The Kier molecular flexibility index (Phi) is 6.95. The van der Waals surface area contributed by atoms with Crippen LogP contribution in [-0.2, 0) is 19.6 Å². The number of carbonyl (C=O) groups is 2. The zero-order valence-electron chi connectivity index (χ0n) is 14.5. The summed E-state index contributed by atoms with van der Waals surface area (Å²) in [6.45, 7) is 3.05. The van der Waals surface area contributed by atoms with Gasteiger partial charge in [-0.1, -0.05) is 19.4 Å². The van der Waals surface area contributed by atoms with E-state index in [1.165, 1.54) is 28.6 Å². The molecule has 26 heavy (non-hydrogen) atoms. The first-order chi connectivity index (χ1) is 12.3. The van der Waals surface area contributed by atoms with Gasteiger partial charge in [0.15, 0.2) is 0 Å².